The SMILES string of the molecule is CCNC(Cc1cccnc1)c1ccc(Br)cc1Br. The first-order chi connectivity index (χ1) is 9.20. The lowest BCUT2D eigenvalue weighted by Crippen LogP contribution is -2.23. The molecule has 1 heterocycles. The van der Waals surface area contributed by atoms with Gasteiger partial charge < -0.3 is 5.32 Å². The van der Waals surface area contributed by atoms with Gasteiger partial charge in [-0.25, -0.2) is 0 Å². The van der Waals surface area contributed by atoms with Gasteiger partial charge in [0, 0.05) is 27.4 Å². The number of aromatic nitrogens is 1. The molecule has 0 fully saturated rings. The molecule has 0 aliphatic heterocycles. The molecule has 0 bridgehead atoms. The lowest BCUT2D eigenvalue weighted by Gasteiger charge is -2.20. The highest BCUT2D eigenvalue weighted by Gasteiger charge is 2.14. The number of nitrogens with zero attached hydrogens (tertiary/aromatic N) is 1. The van der Waals surface area contributed by atoms with Crippen molar-refractivity contribution in [2.75, 3.05) is 6.54 Å². The minimum Gasteiger partial charge on any atom is -0.310 e. The Morgan fingerprint density at radius 2 is 2.11 bits per heavy atom. The van der Waals surface area contributed by atoms with Crippen LogP contribution < -0.4 is 5.32 Å². The maximum Gasteiger partial charge on any atom is 0.0372 e. The van der Waals surface area contributed by atoms with E-state index in [1.165, 1.54) is 11.1 Å². The van der Waals surface area contributed by atoms with Gasteiger partial charge in [-0.15, -0.1) is 0 Å². The van der Waals surface area contributed by atoms with Gasteiger partial charge in [0.25, 0.3) is 0 Å². The fourth-order valence-electron chi connectivity index (χ4n) is 2.08. The van der Waals surface area contributed by atoms with Crippen LogP contribution in [-0.4, -0.2) is 11.5 Å². The van der Waals surface area contributed by atoms with Crippen LogP contribution in [0.1, 0.15) is 24.1 Å². The summed E-state index contributed by atoms with van der Waals surface area (Å²) in [6, 6.07) is 10.7. The number of hydrogen-bond donors (Lipinski definition) is 1. The predicted molar refractivity (Wildman–Crippen MR) is 86.2 cm³/mol. The molecule has 19 heavy (non-hydrogen) atoms. The van der Waals surface area contributed by atoms with E-state index in [4.69, 9.17) is 0 Å². The zero-order chi connectivity index (χ0) is 13.7. The number of benzene rings is 1. The van der Waals surface area contributed by atoms with Crippen molar-refractivity contribution in [1.29, 1.82) is 0 Å². The van der Waals surface area contributed by atoms with Crippen LogP contribution in [0.4, 0.5) is 0 Å². The molecular weight excluding hydrogens is 368 g/mol. The van der Waals surface area contributed by atoms with Gasteiger partial charge in [-0.2, -0.15) is 0 Å². The molecule has 4 heteroatoms. The number of likely N-dealkylation sites (N-methyl/N-ethyl adjacent to an activating group) is 1. The largest absolute Gasteiger partial charge is 0.310 e. The van der Waals surface area contributed by atoms with E-state index in [-0.39, 0.29) is 6.04 Å². The molecule has 1 atom stereocenters. The minimum absolute atomic E-state index is 0.289. The van der Waals surface area contributed by atoms with E-state index in [2.05, 4.69) is 73.3 Å². The monoisotopic (exact) mass is 382 g/mol. The predicted octanol–water partition coefficient (Wildman–Crippen LogP) is 4.50. The topological polar surface area (TPSA) is 24.9 Å². The Labute approximate surface area is 130 Å². The third-order valence-electron chi connectivity index (χ3n) is 2.95. The second-order valence-corrected chi connectivity index (χ2v) is 6.11. The van der Waals surface area contributed by atoms with Crippen LogP contribution in [0.3, 0.4) is 0 Å². The number of halogens is 2. The fraction of sp³-hybridized carbons (Fsp3) is 0.267. The summed E-state index contributed by atoms with van der Waals surface area (Å²) in [6.07, 6.45) is 4.67. The Balaban J connectivity index is 2.24. The summed E-state index contributed by atoms with van der Waals surface area (Å²) in [5.41, 5.74) is 2.51. The number of pyridine rings is 1. The van der Waals surface area contributed by atoms with Crippen LogP contribution in [0.5, 0.6) is 0 Å². The van der Waals surface area contributed by atoms with Gasteiger partial charge in [-0.1, -0.05) is 50.9 Å². The van der Waals surface area contributed by atoms with E-state index in [1.54, 1.807) is 6.20 Å². The third-order valence-corrected chi connectivity index (χ3v) is 4.13. The smallest absolute Gasteiger partial charge is 0.0372 e. The number of hydrogen-bond acceptors (Lipinski definition) is 2. The molecular formula is C15H16Br2N2. The maximum atomic E-state index is 4.18. The molecule has 1 aromatic heterocycles. The summed E-state index contributed by atoms with van der Waals surface area (Å²) in [5, 5.41) is 3.53. The molecule has 0 aliphatic rings. The van der Waals surface area contributed by atoms with Gasteiger partial charge in [-0.05, 0) is 42.3 Å². The molecule has 100 valence electrons. The van der Waals surface area contributed by atoms with Crippen molar-refractivity contribution in [1.82, 2.24) is 10.3 Å². The standard InChI is InChI=1S/C15H16Br2N2/c1-2-19-15(8-11-4-3-7-18-10-11)13-6-5-12(16)9-14(13)17/h3-7,9-10,15,19H,2,8H2,1H3. The van der Waals surface area contributed by atoms with Crippen molar-refractivity contribution in [3.05, 3.63) is 62.8 Å². The number of rotatable bonds is 5. The van der Waals surface area contributed by atoms with E-state index in [0.717, 1.165) is 21.9 Å². The molecule has 0 spiro atoms. The molecule has 2 rings (SSSR count). The first kappa shape index (κ1) is 14.7. The molecule has 0 aliphatic carbocycles. The summed E-state index contributed by atoms with van der Waals surface area (Å²) in [7, 11) is 0. The first-order valence-corrected chi connectivity index (χ1v) is 7.86. The van der Waals surface area contributed by atoms with Gasteiger partial charge in [0.05, 0.1) is 0 Å². The lowest BCUT2D eigenvalue weighted by molar-refractivity contribution is 0.547. The van der Waals surface area contributed by atoms with Gasteiger partial charge in [0.2, 0.25) is 0 Å². The van der Waals surface area contributed by atoms with E-state index < -0.39 is 0 Å². The quantitative estimate of drug-likeness (QED) is 0.822. The minimum atomic E-state index is 0.289. The molecule has 2 nitrogen and oxygen atoms in total. The average molecular weight is 384 g/mol. The maximum absolute atomic E-state index is 4.18. The molecule has 1 unspecified atom stereocenters. The molecule has 0 saturated heterocycles. The molecule has 0 radical (unpaired) electrons. The van der Waals surface area contributed by atoms with Gasteiger partial charge in [0.1, 0.15) is 0 Å². The summed E-state index contributed by atoms with van der Waals surface area (Å²) in [6.45, 7) is 3.07. The zero-order valence-corrected chi connectivity index (χ0v) is 13.9. The average Bonchev–Trinajstić information content (AvgIpc) is 2.39. The van der Waals surface area contributed by atoms with Gasteiger partial charge >= 0.3 is 0 Å². The summed E-state index contributed by atoms with van der Waals surface area (Å²) >= 11 is 7.14. The van der Waals surface area contributed by atoms with Crippen LogP contribution in [0.25, 0.3) is 0 Å². The Bertz CT molecular complexity index is 529. The Hall–Kier alpha value is -0.710. The van der Waals surface area contributed by atoms with Crippen LogP contribution in [-0.2, 0) is 6.42 Å². The van der Waals surface area contributed by atoms with Crippen LogP contribution in [0, 0.1) is 0 Å². The van der Waals surface area contributed by atoms with E-state index in [0.29, 0.717) is 0 Å². The molecule has 0 amide bonds. The summed E-state index contributed by atoms with van der Waals surface area (Å²) < 4.78 is 2.21. The highest BCUT2D eigenvalue weighted by Crippen LogP contribution is 2.28. The van der Waals surface area contributed by atoms with E-state index in [9.17, 15) is 0 Å². The zero-order valence-electron chi connectivity index (χ0n) is 10.7. The van der Waals surface area contributed by atoms with Crippen molar-refractivity contribution < 1.29 is 0 Å². The lowest BCUT2D eigenvalue weighted by atomic mass is 10.00. The van der Waals surface area contributed by atoms with E-state index >= 15 is 0 Å². The Kier molecular flexibility index (Phi) is 5.55. The molecule has 0 saturated carbocycles. The molecule has 1 N–H and O–H groups in total. The fourth-order valence-corrected chi connectivity index (χ4v) is 3.40. The Morgan fingerprint density at radius 1 is 1.26 bits per heavy atom. The third kappa shape index (κ3) is 4.13. The van der Waals surface area contributed by atoms with Crippen LogP contribution >= 0.6 is 31.9 Å². The van der Waals surface area contributed by atoms with Crippen molar-refractivity contribution in [2.24, 2.45) is 0 Å². The number of nitrogens with one attached hydrogen (secondary N) is 1. The highest BCUT2D eigenvalue weighted by atomic mass is 79.9. The van der Waals surface area contributed by atoms with Crippen LogP contribution in [0.2, 0.25) is 0 Å². The van der Waals surface area contributed by atoms with Gasteiger partial charge in [-0.3, -0.25) is 4.98 Å². The second kappa shape index (κ2) is 7.17. The van der Waals surface area contributed by atoms with Crippen molar-refractivity contribution in [3.63, 3.8) is 0 Å². The second-order valence-electron chi connectivity index (χ2n) is 4.34. The molecule has 2 aromatic rings. The normalized spacial score (nSPS) is 12.4. The molecule has 1 aromatic carbocycles. The first-order valence-electron chi connectivity index (χ1n) is 6.28. The van der Waals surface area contributed by atoms with Crippen molar-refractivity contribution in [2.45, 2.75) is 19.4 Å². The summed E-state index contributed by atoms with van der Waals surface area (Å²) in [4.78, 5) is 4.18. The van der Waals surface area contributed by atoms with Crippen molar-refractivity contribution in [3.8, 4) is 0 Å². The Morgan fingerprint density at radius 3 is 2.74 bits per heavy atom. The van der Waals surface area contributed by atoms with Crippen LogP contribution in [0.15, 0.2) is 51.7 Å². The van der Waals surface area contributed by atoms with E-state index in [1.807, 2.05) is 12.3 Å². The van der Waals surface area contributed by atoms with Crippen molar-refractivity contribution >= 4 is 31.9 Å². The summed E-state index contributed by atoms with van der Waals surface area (Å²) in [5.74, 6) is 0. The highest BCUT2D eigenvalue weighted by molar-refractivity contribution is 9.11. The van der Waals surface area contributed by atoms with Gasteiger partial charge in [0.15, 0.2) is 0 Å².